The summed E-state index contributed by atoms with van der Waals surface area (Å²) in [6.07, 6.45) is -3.34. The van der Waals surface area contributed by atoms with Crippen LogP contribution in [-0.2, 0) is 6.18 Å². The number of benzene rings is 2. The van der Waals surface area contributed by atoms with E-state index in [0.717, 1.165) is 12.1 Å². The predicted molar refractivity (Wildman–Crippen MR) is 139 cm³/mol. The van der Waals surface area contributed by atoms with Gasteiger partial charge in [0.05, 0.1) is 42.6 Å². The van der Waals surface area contributed by atoms with Gasteiger partial charge in [0, 0.05) is 37.3 Å². The third-order valence-corrected chi connectivity index (χ3v) is 6.51. The summed E-state index contributed by atoms with van der Waals surface area (Å²) in [5.41, 5.74) is 5.50. The van der Waals surface area contributed by atoms with Gasteiger partial charge in [-0.2, -0.15) is 23.1 Å². The summed E-state index contributed by atoms with van der Waals surface area (Å²) in [5.74, 6) is 1.04. The monoisotopic (exact) mass is 556 g/mol. The molecule has 4 aromatic rings. The first kappa shape index (κ1) is 26.8. The van der Waals surface area contributed by atoms with Crippen LogP contribution in [-0.4, -0.2) is 58.7 Å². The standard InChI is InChI=1S/C25H23F3N8O4/c1-39-19-6-3-13(9-20(19)40-2)17-11-31-22-21(32-17)23(34-24(29)33-22)35-8-7-30-12-18(35)15-5-4-14(36(37)38)10-16(15)25(26,27)28/h3-6,9-11,18,30H,7-8,12H2,1-2H3,(H2,29,31,33,34). The van der Waals surface area contributed by atoms with E-state index in [1.54, 1.807) is 23.1 Å². The van der Waals surface area contributed by atoms with Crippen molar-refractivity contribution in [2.24, 2.45) is 0 Å². The Labute approximate surface area is 225 Å². The number of nitrogens with zero attached hydrogens (tertiary/aromatic N) is 6. The molecule has 2 aromatic carbocycles. The lowest BCUT2D eigenvalue weighted by atomic mass is 9.96. The maximum absolute atomic E-state index is 14.1. The third kappa shape index (κ3) is 4.98. The average Bonchev–Trinajstić information content (AvgIpc) is 2.95. The van der Waals surface area contributed by atoms with E-state index in [2.05, 4.69) is 20.3 Å². The molecule has 1 aliphatic rings. The number of ether oxygens (including phenoxy) is 2. The number of non-ortho nitro benzene ring substituents is 1. The smallest absolute Gasteiger partial charge is 0.417 e. The first-order valence-corrected chi connectivity index (χ1v) is 12.0. The van der Waals surface area contributed by atoms with Crippen LogP contribution < -0.4 is 25.4 Å². The Bertz CT molecular complexity index is 1600. The Balaban J connectivity index is 1.66. The highest BCUT2D eigenvalue weighted by Crippen LogP contribution is 2.41. The summed E-state index contributed by atoms with van der Waals surface area (Å²) in [5, 5.41) is 14.3. The minimum atomic E-state index is -4.84. The van der Waals surface area contributed by atoms with Crippen LogP contribution in [0.15, 0.2) is 42.6 Å². The zero-order valence-electron chi connectivity index (χ0n) is 21.3. The molecular formula is C25H23F3N8O4. The van der Waals surface area contributed by atoms with E-state index in [1.165, 1.54) is 20.4 Å². The molecule has 0 bridgehead atoms. The summed E-state index contributed by atoms with van der Waals surface area (Å²) in [6.45, 7) is 0.779. The van der Waals surface area contributed by atoms with E-state index < -0.39 is 28.4 Å². The van der Waals surface area contributed by atoms with E-state index in [-0.39, 0.29) is 41.6 Å². The number of alkyl halides is 3. The van der Waals surface area contributed by atoms with Gasteiger partial charge in [-0.3, -0.25) is 10.1 Å². The molecule has 15 heteroatoms. The fraction of sp³-hybridized carbons (Fsp3) is 0.280. The van der Waals surface area contributed by atoms with Crippen LogP contribution in [0.2, 0.25) is 0 Å². The summed E-state index contributed by atoms with van der Waals surface area (Å²) >= 11 is 0. The van der Waals surface area contributed by atoms with Crippen molar-refractivity contribution in [3.05, 3.63) is 63.8 Å². The highest BCUT2D eigenvalue weighted by atomic mass is 19.4. The van der Waals surface area contributed by atoms with Crippen LogP contribution >= 0.6 is 0 Å². The first-order valence-electron chi connectivity index (χ1n) is 12.0. The molecule has 2 aromatic heterocycles. The van der Waals surface area contributed by atoms with Crippen molar-refractivity contribution in [1.82, 2.24) is 25.3 Å². The molecule has 0 aliphatic carbocycles. The summed E-state index contributed by atoms with van der Waals surface area (Å²) in [7, 11) is 3.01. The molecule has 0 amide bonds. The Hall–Kier alpha value is -4.79. The molecule has 1 unspecified atom stereocenters. The normalized spacial score (nSPS) is 15.7. The van der Waals surface area contributed by atoms with Gasteiger partial charge in [-0.05, 0) is 29.8 Å². The molecule has 12 nitrogen and oxygen atoms in total. The lowest BCUT2D eigenvalue weighted by molar-refractivity contribution is -0.385. The topological polar surface area (TPSA) is 154 Å². The van der Waals surface area contributed by atoms with Crippen LogP contribution in [0.3, 0.4) is 0 Å². The van der Waals surface area contributed by atoms with E-state index >= 15 is 0 Å². The van der Waals surface area contributed by atoms with Crippen LogP contribution in [0, 0.1) is 10.1 Å². The zero-order chi connectivity index (χ0) is 28.6. The zero-order valence-corrected chi connectivity index (χ0v) is 21.3. The van der Waals surface area contributed by atoms with E-state index in [1.807, 2.05) is 0 Å². The number of anilines is 2. The van der Waals surface area contributed by atoms with Gasteiger partial charge < -0.3 is 25.4 Å². The second-order valence-electron chi connectivity index (χ2n) is 8.84. The third-order valence-electron chi connectivity index (χ3n) is 6.51. The second-order valence-corrected chi connectivity index (χ2v) is 8.84. The maximum atomic E-state index is 14.1. The largest absolute Gasteiger partial charge is 0.493 e. The molecule has 0 radical (unpaired) electrons. The number of hydrogen-bond donors (Lipinski definition) is 2. The quantitative estimate of drug-likeness (QED) is 0.263. The Morgan fingerprint density at radius 3 is 2.58 bits per heavy atom. The van der Waals surface area contributed by atoms with Crippen LogP contribution in [0.5, 0.6) is 11.5 Å². The van der Waals surface area contributed by atoms with Crippen LogP contribution in [0.1, 0.15) is 17.2 Å². The second kappa shape index (κ2) is 10.4. The molecule has 3 heterocycles. The minimum absolute atomic E-state index is 0.106. The van der Waals surface area contributed by atoms with Gasteiger partial charge in [0.2, 0.25) is 5.95 Å². The van der Waals surface area contributed by atoms with Gasteiger partial charge in [0.1, 0.15) is 0 Å². The number of nitro groups is 1. The number of piperazine rings is 1. The van der Waals surface area contributed by atoms with Crippen molar-refractivity contribution >= 4 is 28.6 Å². The molecule has 1 aliphatic heterocycles. The van der Waals surface area contributed by atoms with Crippen LogP contribution in [0.25, 0.3) is 22.4 Å². The lowest BCUT2D eigenvalue weighted by Crippen LogP contribution is -2.47. The summed E-state index contributed by atoms with van der Waals surface area (Å²) in [6, 6.07) is 7.00. The van der Waals surface area contributed by atoms with Gasteiger partial charge in [0.15, 0.2) is 28.5 Å². The minimum Gasteiger partial charge on any atom is -0.493 e. The number of rotatable bonds is 6. The molecule has 1 fully saturated rings. The Morgan fingerprint density at radius 1 is 1.10 bits per heavy atom. The van der Waals surface area contributed by atoms with Gasteiger partial charge in [0.25, 0.3) is 5.69 Å². The number of fused-ring (bicyclic) bond motifs is 1. The van der Waals surface area contributed by atoms with Crippen molar-refractivity contribution in [2.45, 2.75) is 12.2 Å². The van der Waals surface area contributed by atoms with Gasteiger partial charge in [-0.25, -0.2) is 9.97 Å². The highest BCUT2D eigenvalue weighted by Gasteiger charge is 2.39. The molecular weight excluding hydrogens is 533 g/mol. The van der Waals surface area contributed by atoms with Crippen molar-refractivity contribution in [3.8, 4) is 22.8 Å². The number of hydrogen-bond acceptors (Lipinski definition) is 11. The van der Waals surface area contributed by atoms with Crippen LogP contribution in [0.4, 0.5) is 30.6 Å². The van der Waals surface area contributed by atoms with Crippen molar-refractivity contribution in [3.63, 3.8) is 0 Å². The average molecular weight is 557 g/mol. The molecule has 5 rings (SSSR count). The number of methoxy groups -OCH3 is 2. The number of nitro benzene ring substituents is 1. The fourth-order valence-corrected chi connectivity index (χ4v) is 4.67. The maximum Gasteiger partial charge on any atom is 0.417 e. The van der Waals surface area contributed by atoms with E-state index in [0.29, 0.717) is 35.4 Å². The number of aromatic nitrogens is 4. The first-order chi connectivity index (χ1) is 19.1. The summed E-state index contributed by atoms with van der Waals surface area (Å²) in [4.78, 5) is 29.6. The molecule has 40 heavy (non-hydrogen) atoms. The predicted octanol–water partition coefficient (Wildman–Crippen LogP) is 3.76. The Kier molecular flexibility index (Phi) is 6.97. The fourth-order valence-electron chi connectivity index (χ4n) is 4.67. The van der Waals surface area contributed by atoms with Crippen molar-refractivity contribution < 1.29 is 27.6 Å². The molecule has 0 spiro atoms. The van der Waals surface area contributed by atoms with E-state index in [4.69, 9.17) is 20.2 Å². The molecule has 0 saturated carbocycles. The van der Waals surface area contributed by atoms with Gasteiger partial charge in [-0.1, -0.05) is 0 Å². The van der Waals surface area contributed by atoms with Crippen molar-refractivity contribution in [1.29, 1.82) is 0 Å². The SMILES string of the molecule is COc1ccc(-c2cnc3nc(N)nc(N4CCNCC4c4ccc([N+](=O)[O-])cc4C(F)(F)F)c3n2)cc1OC. The lowest BCUT2D eigenvalue weighted by Gasteiger charge is -2.38. The number of nitrogens with one attached hydrogen (secondary N) is 1. The summed E-state index contributed by atoms with van der Waals surface area (Å²) < 4.78 is 53.0. The van der Waals surface area contributed by atoms with Gasteiger partial charge in [-0.15, -0.1) is 0 Å². The van der Waals surface area contributed by atoms with Crippen molar-refractivity contribution in [2.75, 3.05) is 44.5 Å². The molecule has 208 valence electrons. The van der Waals surface area contributed by atoms with Gasteiger partial charge >= 0.3 is 6.18 Å². The number of nitrogen functional groups attached to an aromatic ring is 1. The number of nitrogens with two attached hydrogens (primary N) is 1. The molecule has 1 saturated heterocycles. The number of halogens is 3. The van der Waals surface area contributed by atoms with E-state index in [9.17, 15) is 23.3 Å². The highest BCUT2D eigenvalue weighted by molar-refractivity contribution is 5.86. The molecule has 1 atom stereocenters. The Morgan fingerprint density at radius 2 is 1.88 bits per heavy atom. The molecule has 3 N–H and O–H groups in total.